The first-order chi connectivity index (χ1) is 19.9. The molecule has 0 saturated carbocycles. The van der Waals surface area contributed by atoms with Crippen LogP contribution in [0, 0.1) is 5.92 Å². The molecule has 0 aliphatic carbocycles. The van der Waals surface area contributed by atoms with Gasteiger partial charge >= 0.3 is 12.1 Å². The molecule has 0 fully saturated rings. The fraction of sp³-hybridized carbons (Fsp3) is 0.207. The monoisotopic (exact) mass is 600 g/mol. The summed E-state index contributed by atoms with van der Waals surface area (Å²) in [7, 11) is 1.23. The second-order valence-electron chi connectivity index (χ2n) is 9.36. The van der Waals surface area contributed by atoms with Crippen molar-refractivity contribution in [2.75, 3.05) is 12.4 Å². The largest absolute Gasteiger partial charge is 0.467 e. The Morgan fingerprint density at radius 3 is 2.29 bits per heavy atom. The highest BCUT2D eigenvalue weighted by Gasteiger charge is 2.42. The van der Waals surface area contributed by atoms with Crippen LogP contribution in [-0.2, 0) is 15.7 Å². The summed E-state index contributed by atoms with van der Waals surface area (Å²) >= 11 is 6.41. The van der Waals surface area contributed by atoms with E-state index in [1.54, 1.807) is 38.1 Å². The second-order valence-corrected chi connectivity index (χ2v) is 9.77. The van der Waals surface area contributed by atoms with Crippen molar-refractivity contribution in [3.63, 3.8) is 0 Å². The van der Waals surface area contributed by atoms with E-state index in [0.717, 1.165) is 0 Å². The number of benzene rings is 2. The van der Waals surface area contributed by atoms with Gasteiger partial charge in [-0.3, -0.25) is 14.6 Å². The molecule has 4 rings (SSSR count). The zero-order chi connectivity index (χ0) is 30.6. The van der Waals surface area contributed by atoms with E-state index in [-0.39, 0.29) is 33.6 Å². The van der Waals surface area contributed by atoms with Gasteiger partial charge in [-0.05, 0) is 42.3 Å². The van der Waals surface area contributed by atoms with E-state index in [9.17, 15) is 27.6 Å². The molecule has 2 aromatic carbocycles. The molecule has 2 amide bonds. The predicted octanol–water partition coefficient (Wildman–Crippen LogP) is 6.26. The number of aromatic nitrogens is 2. The molecule has 1 atom stereocenters. The van der Waals surface area contributed by atoms with Crippen molar-refractivity contribution in [2.24, 2.45) is 5.92 Å². The Kier molecular flexibility index (Phi) is 8.96. The zero-order valence-electron chi connectivity index (χ0n) is 22.5. The van der Waals surface area contributed by atoms with Crippen LogP contribution < -0.4 is 10.6 Å². The number of halogens is 4. The Hall–Kier alpha value is -4.71. The number of anilines is 1. The molecule has 0 aliphatic rings. The molecule has 0 aliphatic heterocycles. The normalized spacial score (nSPS) is 12.1. The molecule has 9 nitrogen and oxygen atoms in total. The van der Waals surface area contributed by atoms with E-state index in [2.05, 4.69) is 20.6 Å². The number of alkyl halides is 3. The van der Waals surface area contributed by atoms with Gasteiger partial charge < -0.3 is 19.8 Å². The van der Waals surface area contributed by atoms with Crippen molar-refractivity contribution in [2.45, 2.75) is 26.1 Å². The first kappa shape index (κ1) is 30.3. The number of rotatable bonds is 8. The molecule has 2 aromatic heterocycles. The van der Waals surface area contributed by atoms with Crippen LogP contribution in [0.2, 0.25) is 5.02 Å². The van der Waals surface area contributed by atoms with E-state index in [0.29, 0.717) is 11.3 Å². The zero-order valence-corrected chi connectivity index (χ0v) is 23.2. The van der Waals surface area contributed by atoms with Crippen LogP contribution in [0.4, 0.5) is 18.9 Å². The lowest BCUT2D eigenvalue weighted by Crippen LogP contribution is -2.45. The summed E-state index contributed by atoms with van der Waals surface area (Å²) in [6.07, 6.45) is -3.72. The van der Waals surface area contributed by atoms with E-state index >= 15 is 0 Å². The van der Waals surface area contributed by atoms with Crippen LogP contribution in [0.3, 0.4) is 0 Å². The lowest BCUT2D eigenvalue weighted by Gasteiger charge is -2.20. The number of hydrogen-bond acceptors (Lipinski definition) is 7. The number of methoxy groups -OCH3 is 1. The Bertz CT molecular complexity index is 1610. The van der Waals surface area contributed by atoms with Crippen LogP contribution >= 0.6 is 11.6 Å². The van der Waals surface area contributed by atoms with E-state index < -0.39 is 41.5 Å². The highest BCUT2D eigenvalue weighted by Crippen LogP contribution is 2.36. The van der Waals surface area contributed by atoms with Gasteiger partial charge in [0.25, 0.3) is 11.8 Å². The van der Waals surface area contributed by atoms with Crippen LogP contribution in [0.25, 0.3) is 22.7 Å². The van der Waals surface area contributed by atoms with Crippen LogP contribution in [-0.4, -0.2) is 40.9 Å². The van der Waals surface area contributed by atoms with Crippen LogP contribution in [0.15, 0.2) is 71.3 Å². The minimum Gasteiger partial charge on any atom is -0.467 e. The molecule has 0 radical (unpaired) electrons. The van der Waals surface area contributed by atoms with Crippen LogP contribution in [0.5, 0.6) is 0 Å². The number of ether oxygens (including phenoxy) is 1. The van der Waals surface area contributed by atoms with Crippen molar-refractivity contribution >= 4 is 35.1 Å². The van der Waals surface area contributed by atoms with Gasteiger partial charge in [-0.1, -0.05) is 49.7 Å². The molecule has 4 aromatic rings. The molecule has 2 N–H and O–H groups in total. The van der Waals surface area contributed by atoms with Crippen molar-refractivity contribution in [3.8, 4) is 22.7 Å². The highest BCUT2D eigenvalue weighted by molar-refractivity contribution is 6.33. The number of hydrogen-bond donors (Lipinski definition) is 2. The third kappa shape index (κ3) is 6.77. The number of carbonyl (C=O) groups excluding carboxylic acids is 3. The van der Waals surface area contributed by atoms with Crippen molar-refractivity contribution in [3.05, 3.63) is 88.9 Å². The summed E-state index contributed by atoms with van der Waals surface area (Å²) in [4.78, 5) is 45.5. The van der Waals surface area contributed by atoms with Crippen molar-refractivity contribution < 1.29 is 36.7 Å². The van der Waals surface area contributed by atoms with Gasteiger partial charge in [0, 0.05) is 16.7 Å². The fourth-order valence-corrected chi connectivity index (χ4v) is 4.18. The van der Waals surface area contributed by atoms with Crippen molar-refractivity contribution in [1.29, 1.82) is 0 Å². The topological polar surface area (TPSA) is 123 Å². The lowest BCUT2D eigenvalue weighted by molar-refractivity contribution is -0.153. The van der Waals surface area contributed by atoms with E-state index in [1.807, 2.05) is 0 Å². The molecule has 0 bridgehead atoms. The van der Waals surface area contributed by atoms with E-state index in [4.69, 9.17) is 20.8 Å². The van der Waals surface area contributed by atoms with Gasteiger partial charge in [0.2, 0.25) is 11.7 Å². The molecule has 13 heteroatoms. The van der Waals surface area contributed by atoms with Gasteiger partial charge in [0.15, 0.2) is 5.69 Å². The standard InChI is InChI=1S/C29H24ClF3N4O5/c1-15(2)22(28(40)41-3)36-25(38)17-9-11-19(20(30)13-17)21-12-10-18(14-34-21)35-26(39)23-24(29(31,32)33)42-27(37-23)16-7-5-4-6-8-16/h4-15,22H,1-3H3,(H,35,39)(H,36,38). The smallest absolute Gasteiger partial charge is 0.452 e. The number of nitrogens with one attached hydrogen (secondary N) is 2. The van der Waals surface area contributed by atoms with Gasteiger partial charge in [0.05, 0.1) is 29.7 Å². The number of amides is 2. The average Bonchev–Trinajstić information content (AvgIpc) is 3.43. The number of esters is 1. The minimum atomic E-state index is -4.95. The van der Waals surface area contributed by atoms with Crippen molar-refractivity contribution in [1.82, 2.24) is 15.3 Å². The van der Waals surface area contributed by atoms with Gasteiger partial charge in [-0.15, -0.1) is 0 Å². The summed E-state index contributed by atoms with van der Waals surface area (Å²) in [6.45, 7) is 3.52. The van der Waals surface area contributed by atoms with Crippen LogP contribution in [0.1, 0.15) is 40.5 Å². The molecule has 42 heavy (non-hydrogen) atoms. The second kappa shape index (κ2) is 12.4. The average molecular weight is 601 g/mol. The molecule has 0 saturated heterocycles. The SMILES string of the molecule is COC(=O)C(NC(=O)c1ccc(-c2ccc(NC(=O)c3nc(-c4ccccc4)oc3C(F)(F)F)cn2)c(Cl)c1)C(C)C. The lowest BCUT2D eigenvalue weighted by atomic mass is 10.0. The maximum atomic E-state index is 13.6. The number of pyridine rings is 1. The Labute approximate surface area is 243 Å². The first-order valence-electron chi connectivity index (χ1n) is 12.5. The molecule has 0 spiro atoms. The Morgan fingerprint density at radius 2 is 1.71 bits per heavy atom. The molecule has 2 heterocycles. The third-order valence-corrected chi connectivity index (χ3v) is 6.37. The number of oxazole rings is 1. The molecule has 1 unspecified atom stereocenters. The van der Waals surface area contributed by atoms with Gasteiger partial charge in [-0.2, -0.15) is 13.2 Å². The Morgan fingerprint density at radius 1 is 1.00 bits per heavy atom. The van der Waals surface area contributed by atoms with Gasteiger partial charge in [-0.25, -0.2) is 9.78 Å². The predicted molar refractivity (Wildman–Crippen MR) is 148 cm³/mol. The summed E-state index contributed by atoms with van der Waals surface area (Å²) in [5.74, 6) is -4.33. The maximum Gasteiger partial charge on any atom is 0.452 e. The quantitative estimate of drug-likeness (QED) is 0.229. The fourth-order valence-electron chi connectivity index (χ4n) is 3.90. The molecular formula is C29H24ClF3N4O5. The summed E-state index contributed by atoms with van der Waals surface area (Å²) < 4.78 is 50.4. The number of carbonyl (C=O) groups is 3. The molecule has 218 valence electrons. The van der Waals surface area contributed by atoms with Gasteiger partial charge in [0.1, 0.15) is 6.04 Å². The Balaban J connectivity index is 1.51. The summed E-state index contributed by atoms with van der Waals surface area (Å²) in [6, 6.07) is 14.4. The van der Waals surface area contributed by atoms with E-state index in [1.165, 1.54) is 49.7 Å². The first-order valence-corrected chi connectivity index (χ1v) is 12.9. The summed E-state index contributed by atoms with van der Waals surface area (Å²) in [5.41, 5.74) is 0.456. The maximum absolute atomic E-state index is 13.6. The molecular weight excluding hydrogens is 577 g/mol. The highest BCUT2D eigenvalue weighted by atomic mass is 35.5. The third-order valence-electron chi connectivity index (χ3n) is 6.06. The minimum absolute atomic E-state index is 0.0933. The number of nitrogens with zero attached hydrogens (tertiary/aromatic N) is 2. The summed E-state index contributed by atoms with van der Waals surface area (Å²) in [5, 5.41) is 5.15.